The molecule has 0 atom stereocenters. The van der Waals surface area contributed by atoms with Gasteiger partial charge in [0.05, 0.1) is 5.02 Å². The van der Waals surface area contributed by atoms with Crippen LogP contribution in [0.5, 0.6) is 11.5 Å². The predicted octanol–water partition coefficient (Wildman–Crippen LogP) is 2.75. The van der Waals surface area contributed by atoms with E-state index in [1.54, 1.807) is 11.8 Å². The third kappa shape index (κ3) is 3.76. The molecule has 2 aliphatic rings. The number of fused-ring (bicyclic) bond motifs is 1. The Morgan fingerprint density at radius 3 is 2.88 bits per heavy atom. The van der Waals surface area contributed by atoms with Crippen molar-refractivity contribution in [3.05, 3.63) is 28.5 Å². The normalized spacial score (nSPS) is 15.9. The van der Waals surface area contributed by atoms with Gasteiger partial charge in [-0.1, -0.05) is 23.4 Å². The van der Waals surface area contributed by atoms with Crippen molar-refractivity contribution >= 4 is 29.3 Å². The Morgan fingerprint density at radius 1 is 1.31 bits per heavy atom. The van der Waals surface area contributed by atoms with E-state index in [-0.39, 0.29) is 12.3 Å². The molecule has 1 aliphatic heterocycles. The first kappa shape index (κ1) is 17.5. The molecule has 1 saturated carbocycles. The van der Waals surface area contributed by atoms with E-state index in [0.29, 0.717) is 48.0 Å². The number of carbonyl (C=O) groups excluding carboxylic acids is 1. The maximum atomic E-state index is 11.1. The first-order valence-corrected chi connectivity index (χ1v) is 9.91. The quantitative estimate of drug-likeness (QED) is 0.726. The van der Waals surface area contributed by atoms with Crippen molar-refractivity contribution in [2.75, 3.05) is 13.2 Å². The van der Waals surface area contributed by atoms with Gasteiger partial charge in [0.25, 0.3) is 0 Å². The monoisotopic (exact) mass is 394 g/mol. The molecule has 2 aromatic rings. The van der Waals surface area contributed by atoms with E-state index < -0.39 is 0 Å². The van der Waals surface area contributed by atoms with Crippen LogP contribution in [0.4, 0.5) is 0 Å². The van der Waals surface area contributed by atoms with Crippen LogP contribution in [0.15, 0.2) is 17.3 Å². The number of nitrogens with zero attached hydrogens (tertiary/aromatic N) is 3. The molecule has 1 aromatic carbocycles. The molecule has 2 N–H and O–H groups in total. The number of benzene rings is 1. The lowest BCUT2D eigenvalue weighted by Gasteiger charge is -2.20. The predicted molar refractivity (Wildman–Crippen MR) is 97.8 cm³/mol. The first-order valence-electron chi connectivity index (χ1n) is 8.54. The summed E-state index contributed by atoms with van der Waals surface area (Å²) in [7, 11) is 0. The van der Waals surface area contributed by atoms with Gasteiger partial charge >= 0.3 is 0 Å². The Morgan fingerprint density at radius 2 is 2.12 bits per heavy atom. The van der Waals surface area contributed by atoms with Crippen molar-refractivity contribution in [1.29, 1.82) is 0 Å². The summed E-state index contributed by atoms with van der Waals surface area (Å²) in [6.07, 6.45) is 3.04. The second-order valence-electron chi connectivity index (χ2n) is 6.36. The van der Waals surface area contributed by atoms with Gasteiger partial charge in [-0.05, 0) is 30.5 Å². The fourth-order valence-electron chi connectivity index (χ4n) is 2.91. The largest absolute Gasteiger partial charge is 0.486 e. The Hall–Kier alpha value is -1.93. The van der Waals surface area contributed by atoms with Crippen LogP contribution < -0.4 is 15.2 Å². The summed E-state index contributed by atoms with van der Waals surface area (Å²) in [6, 6.07) is 4.28. The number of primary amides is 1. The minimum absolute atomic E-state index is 0.285. The number of carbonyl (C=O) groups is 1. The Kier molecular flexibility index (Phi) is 4.95. The number of aromatic nitrogens is 3. The van der Waals surface area contributed by atoms with Crippen LogP contribution in [0.3, 0.4) is 0 Å². The highest BCUT2D eigenvalue weighted by atomic mass is 35.5. The maximum absolute atomic E-state index is 11.1. The summed E-state index contributed by atoms with van der Waals surface area (Å²) in [6.45, 7) is 1.04. The van der Waals surface area contributed by atoms with E-state index in [9.17, 15) is 4.79 Å². The zero-order valence-electron chi connectivity index (χ0n) is 14.1. The summed E-state index contributed by atoms with van der Waals surface area (Å²) in [4.78, 5) is 11.1. The van der Waals surface area contributed by atoms with Crippen LogP contribution in [0.1, 0.15) is 36.7 Å². The van der Waals surface area contributed by atoms with Crippen molar-refractivity contribution in [2.45, 2.75) is 42.6 Å². The Bertz CT molecular complexity index is 838. The molecule has 1 aromatic heterocycles. The van der Waals surface area contributed by atoms with Gasteiger partial charge in [0.2, 0.25) is 5.91 Å². The smallest absolute Gasteiger partial charge is 0.217 e. The van der Waals surface area contributed by atoms with Gasteiger partial charge in [-0.15, -0.1) is 10.2 Å². The number of hydrogen-bond acceptors (Lipinski definition) is 6. The number of halogens is 1. The molecular formula is C17H19ClN4O3S. The van der Waals surface area contributed by atoms with E-state index in [2.05, 4.69) is 14.8 Å². The second kappa shape index (κ2) is 7.36. The number of nitrogens with two attached hydrogens (primary N) is 1. The number of amides is 1. The minimum atomic E-state index is -0.324. The molecule has 1 amide bonds. The van der Waals surface area contributed by atoms with Crippen LogP contribution in [-0.2, 0) is 17.0 Å². The van der Waals surface area contributed by atoms with Crippen molar-refractivity contribution in [1.82, 2.24) is 14.8 Å². The lowest BCUT2D eigenvalue weighted by atomic mass is 10.2. The fraction of sp³-hybridized carbons (Fsp3) is 0.471. The molecule has 0 spiro atoms. The minimum Gasteiger partial charge on any atom is -0.486 e. The summed E-state index contributed by atoms with van der Waals surface area (Å²) in [5.74, 6) is 2.49. The standard InChI is InChI=1S/C17H19ClN4O3S/c18-12-7-10(8-13-16(12)25-6-5-24-13)9-26-17-21-20-15(4-3-14(19)23)22(17)11-1-2-11/h7-8,11H,1-6,9H2,(H2,19,23). The number of aryl methyl sites for hydroxylation is 1. The average Bonchev–Trinajstić information content (AvgIpc) is 3.38. The molecular weight excluding hydrogens is 376 g/mol. The van der Waals surface area contributed by atoms with E-state index >= 15 is 0 Å². The van der Waals surface area contributed by atoms with E-state index in [4.69, 9.17) is 26.8 Å². The van der Waals surface area contributed by atoms with Crippen molar-refractivity contribution in [3.63, 3.8) is 0 Å². The van der Waals surface area contributed by atoms with Crippen LogP contribution in [0.25, 0.3) is 0 Å². The van der Waals surface area contributed by atoms with Gasteiger partial charge in [0.15, 0.2) is 16.7 Å². The number of rotatable bonds is 7. The van der Waals surface area contributed by atoms with Gasteiger partial charge in [0.1, 0.15) is 19.0 Å². The topological polar surface area (TPSA) is 92.3 Å². The summed E-state index contributed by atoms with van der Waals surface area (Å²) in [5, 5.41) is 10.00. The molecule has 4 rings (SSSR count). The highest BCUT2D eigenvalue weighted by Crippen LogP contribution is 2.41. The second-order valence-corrected chi connectivity index (χ2v) is 7.71. The van der Waals surface area contributed by atoms with Gasteiger partial charge in [-0.2, -0.15) is 0 Å². The third-order valence-electron chi connectivity index (χ3n) is 4.27. The first-order chi connectivity index (χ1) is 12.6. The summed E-state index contributed by atoms with van der Waals surface area (Å²) < 4.78 is 13.3. The molecule has 0 saturated heterocycles. The number of hydrogen-bond donors (Lipinski definition) is 1. The van der Waals surface area contributed by atoms with Gasteiger partial charge < -0.3 is 19.8 Å². The van der Waals surface area contributed by atoms with Crippen LogP contribution >= 0.6 is 23.4 Å². The van der Waals surface area contributed by atoms with Crippen molar-refractivity contribution in [3.8, 4) is 11.5 Å². The molecule has 1 fully saturated rings. The molecule has 138 valence electrons. The van der Waals surface area contributed by atoms with Crippen LogP contribution in [0.2, 0.25) is 5.02 Å². The van der Waals surface area contributed by atoms with Crippen molar-refractivity contribution in [2.24, 2.45) is 5.73 Å². The van der Waals surface area contributed by atoms with Gasteiger partial charge in [-0.3, -0.25) is 4.79 Å². The third-order valence-corrected chi connectivity index (χ3v) is 5.56. The molecule has 7 nitrogen and oxygen atoms in total. The average molecular weight is 395 g/mol. The Labute approximate surface area is 160 Å². The number of thioether (sulfide) groups is 1. The maximum Gasteiger partial charge on any atom is 0.217 e. The fourth-order valence-corrected chi connectivity index (χ4v) is 4.15. The molecule has 0 bridgehead atoms. The molecule has 0 radical (unpaired) electrons. The van der Waals surface area contributed by atoms with Crippen LogP contribution in [0, 0.1) is 0 Å². The molecule has 9 heteroatoms. The molecule has 0 unspecified atom stereocenters. The zero-order chi connectivity index (χ0) is 18.1. The van der Waals surface area contributed by atoms with E-state index in [1.165, 1.54) is 0 Å². The lowest BCUT2D eigenvalue weighted by Crippen LogP contribution is -2.15. The molecule has 1 aliphatic carbocycles. The van der Waals surface area contributed by atoms with Crippen LogP contribution in [-0.4, -0.2) is 33.9 Å². The van der Waals surface area contributed by atoms with E-state index in [1.807, 2.05) is 12.1 Å². The van der Waals surface area contributed by atoms with E-state index in [0.717, 1.165) is 29.4 Å². The number of ether oxygens (including phenoxy) is 2. The highest BCUT2D eigenvalue weighted by Gasteiger charge is 2.29. The summed E-state index contributed by atoms with van der Waals surface area (Å²) >= 11 is 7.91. The van der Waals surface area contributed by atoms with Gasteiger partial charge in [-0.25, -0.2) is 0 Å². The SMILES string of the molecule is NC(=O)CCc1nnc(SCc2cc(Cl)c3c(c2)OCCO3)n1C1CC1. The Balaban J connectivity index is 1.49. The van der Waals surface area contributed by atoms with Gasteiger partial charge in [0, 0.05) is 24.6 Å². The molecule has 2 heterocycles. The summed E-state index contributed by atoms with van der Waals surface area (Å²) in [5.41, 5.74) is 6.29. The van der Waals surface area contributed by atoms with Crippen molar-refractivity contribution < 1.29 is 14.3 Å². The zero-order valence-corrected chi connectivity index (χ0v) is 15.7. The molecule has 26 heavy (non-hydrogen) atoms. The highest BCUT2D eigenvalue weighted by molar-refractivity contribution is 7.98. The lowest BCUT2D eigenvalue weighted by molar-refractivity contribution is -0.118.